The molecular weight excluding hydrogens is 308 g/mol. The standard InChI is InChI=1S/C23H39S/c1-3-4-5-6-7-8-9-10-11-12-19-24-20-13-14-23(24)22-17-15-21(2)16-18-22/h15-18,23H,3-14,19-20H2,1-2H3/q+1. The number of hydrogen-bond donors (Lipinski definition) is 0. The van der Waals surface area contributed by atoms with Crippen LogP contribution < -0.4 is 0 Å². The molecule has 1 aliphatic heterocycles. The summed E-state index contributed by atoms with van der Waals surface area (Å²) >= 11 is 0. The molecule has 0 saturated carbocycles. The van der Waals surface area contributed by atoms with E-state index in [1.165, 1.54) is 94.1 Å². The van der Waals surface area contributed by atoms with E-state index in [4.69, 9.17) is 0 Å². The lowest BCUT2D eigenvalue weighted by Gasteiger charge is -2.12. The summed E-state index contributed by atoms with van der Waals surface area (Å²) in [7, 11) is 0.665. The van der Waals surface area contributed by atoms with Crippen LogP contribution in [0.2, 0.25) is 0 Å². The zero-order valence-electron chi connectivity index (χ0n) is 16.2. The molecule has 24 heavy (non-hydrogen) atoms. The largest absolute Gasteiger partial charge is 0.143 e. The monoisotopic (exact) mass is 347 g/mol. The Bertz CT molecular complexity index is 422. The van der Waals surface area contributed by atoms with Gasteiger partial charge in [0.1, 0.15) is 16.8 Å². The van der Waals surface area contributed by atoms with Crippen LogP contribution in [-0.4, -0.2) is 11.5 Å². The van der Waals surface area contributed by atoms with E-state index in [2.05, 4.69) is 38.1 Å². The van der Waals surface area contributed by atoms with Gasteiger partial charge >= 0.3 is 0 Å². The molecule has 1 aliphatic rings. The molecule has 1 saturated heterocycles. The van der Waals surface area contributed by atoms with Gasteiger partial charge in [-0.3, -0.25) is 0 Å². The van der Waals surface area contributed by atoms with Gasteiger partial charge in [0.25, 0.3) is 0 Å². The van der Waals surface area contributed by atoms with Crippen molar-refractivity contribution in [3.63, 3.8) is 0 Å². The average molecular weight is 348 g/mol. The van der Waals surface area contributed by atoms with E-state index in [1.54, 1.807) is 5.56 Å². The van der Waals surface area contributed by atoms with Crippen LogP contribution in [0, 0.1) is 6.92 Å². The Morgan fingerprint density at radius 3 is 2.04 bits per heavy atom. The third-order valence-corrected chi connectivity index (χ3v) is 8.42. The Morgan fingerprint density at radius 1 is 0.833 bits per heavy atom. The maximum atomic E-state index is 2.39. The molecule has 136 valence electrons. The Kier molecular flexibility index (Phi) is 9.95. The van der Waals surface area contributed by atoms with Gasteiger partial charge < -0.3 is 0 Å². The number of hydrogen-bond acceptors (Lipinski definition) is 0. The molecule has 0 bridgehead atoms. The minimum Gasteiger partial charge on any atom is -0.0654 e. The minimum absolute atomic E-state index is 0.665. The van der Waals surface area contributed by atoms with Crippen LogP contribution in [0.25, 0.3) is 0 Å². The van der Waals surface area contributed by atoms with Crippen molar-refractivity contribution in [2.75, 3.05) is 11.5 Å². The van der Waals surface area contributed by atoms with Gasteiger partial charge in [-0.15, -0.1) is 0 Å². The topological polar surface area (TPSA) is 0 Å². The van der Waals surface area contributed by atoms with Crippen molar-refractivity contribution in [2.24, 2.45) is 0 Å². The summed E-state index contributed by atoms with van der Waals surface area (Å²) in [6.45, 7) is 4.50. The lowest BCUT2D eigenvalue weighted by Crippen LogP contribution is -2.13. The third-order valence-electron chi connectivity index (χ3n) is 5.48. The first-order valence-electron chi connectivity index (χ1n) is 10.5. The second-order valence-electron chi connectivity index (χ2n) is 7.67. The van der Waals surface area contributed by atoms with Crippen molar-refractivity contribution in [3.8, 4) is 0 Å². The van der Waals surface area contributed by atoms with Crippen molar-refractivity contribution >= 4 is 10.9 Å². The quantitative estimate of drug-likeness (QED) is 0.273. The van der Waals surface area contributed by atoms with Crippen molar-refractivity contribution in [3.05, 3.63) is 35.4 Å². The molecule has 1 heteroatoms. The fraction of sp³-hybridized carbons (Fsp3) is 0.739. The summed E-state index contributed by atoms with van der Waals surface area (Å²) in [5.41, 5.74) is 3.01. The van der Waals surface area contributed by atoms with Gasteiger partial charge in [0.15, 0.2) is 0 Å². The maximum Gasteiger partial charge on any atom is 0.143 e. The van der Waals surface area contributed by atoms with Gasteiger partial charge in [0.05, 0.1) is 0 Å². The van der Waals surface area contributed by atoms with Crippen molar-refractivity contribution in [1.29, 1.82) is 0 Å². The van der Waals surface area contributed by atoms with Gasteiger partial charge in [0, 0.05) is 12.0 Å². The van der Waals surface area contributed by atoms with E-state index in [9.17, 15) is 0 Å². The molecule has 0 N–H and O–H groups in total. The van der Waals surface area contributed by atoms with Crippen LogP contribution in [0.5, 0.6) is 0 Å². The van der Waals surface area contributed by atoms with E-state index in [1.807, 2.05) is 0 Å². The number of rotatable bonds is 12. The minimum atomic E-state index is 0.665. The molecule has 2 rings (SSSR count). The van der Waals surface area contributed by atoms with E-state index < -0.39 is 0 Å². The van der Waals surface area contributed by atoms with Gasteiger partial charge in [-0.05, 0) is 37.1 Å². The molecule has 1 aromatic rings. The van der Waals surface area contributed by atoms with Crippen LogP contribution in [-0.2, 0) is 10.9 Å². The van der Waals surface area contributed by atoms with Gasteiger partial charge in [-0.1, -0.05) is 88.1 Å². The zero-order valence-corrected chi connectivity index (χ0v) is 17.0. The SMILES string of the molecule is CCCCCCCCCCCC[S+]1CCCC1c1ccc(C)cc1. The van der Waals surface area contributed by atoms with Crippen LogP contribution in [0.4, 0.5) is 0 Å². The summed E-state index contributed by atoms with van der Waals surface area (Å²) in [6.07, 6.45) is 17.5. The fourth-order valence-corrected chi connectivity index (χ4v) is 6.85. The van der Waals surface area contributed by atoms with Gasteiger partial charge in [-0.25, -0.2) is 0 Å². The molecule has 1 heterocycles. The first-order chi connectivity index (χ1) is 11.8. The molecule has 2 atom stereocenters. The predicted octanol–water partition coefficient (Wildman–Crippen LogP) is 7.37. The molecule has 0 aliphatic carbocycles. The molecule has 0 radical (unpaired) electrons. The summed E-state index contributed by atoms with van der Waals surface area (Å²) in [5, 5.41) is 0.879. The van der Waals surface area contributed by atoms with Crippen LogP contribution in [0.1, 0.15) is 100 Å². The van der Waals surface area contributed by atoms with Gasteiger partial charge in [0.2, 0.25) is 0 Å². The lowest BCUT2D eigenvalue weighted by molar-refractivity contribution is 0.563. The zero-order chi connectivity index (χ0) is 17.0. The number of benzene rings is 1. The maximum absolute atomic E-state index is 2.39. The number of aryl methyl sites for hydroxylation is 1. The first-order valence-corrected chi connectivity index (χ1v) is 12.2. The Morgan fingerprint density at radius 2 is 1.42 bits per heavy atom. The normalized spacial score (nSPS) is 20.6. The smallest absolute Gasteiger partial charge is 0.0654 e. The Labute approximate surface area is 154 Å². The molecule has 1 aromatic carbocycles. The summed E-state index contributed by atoms with van der Waals surface area (Å²) in [4.78, 5) is 0. The highest BCUT2D eigenvalue weighted by atomic mass is 32.2. The highest BCUT2D eigenvalue weighted by molar-refractivity contribution is 7.97. The van der Waals surface area contributed by atoms with Gasteiger partial charge in [-0.2, -0.15) is 0 Å². The summed E-state index contributed by atoms with van der Waals surface area (Å²) < 4.78 is 0. The van der Waals surface area contributed by atoms with Crippen molar-refractivity contribution in [2.45, 2.75) is 96.1 Å². The Hall–Kier alpha value is -0.430. The Balaban J connectivity index is 1.54. The van der Waals surface area contributed by atoms with E-state index >= 15 is 0 Å². The van der Waals surface area contributed by atoms with Crippen LogP contribution in [0.3, 0.4) is 0 Å². The van der Waals surface area contributed by atoms with Crippen molar-refractivity contribution in [1.82, 2.24) is 0 Å². The van der Waals surface area contributed by atoms with E-state index in [-0.39, 0.29) is 0 Å². The fourth-order valence-electron chi connectivity index (χ4n) is 3.92. The highest BCUT2D eigenvalue weighted by Crippen LogP contribution is 2.37. The molecular formula is C23H39S+. The predicted molar refractivity (Wildman–Crippen MR) is 112 cm³/mol. The second kappa shape index (κ2) is 12.0. The summed E-state index contributed by atoms with van der Waals surface area (Å²) in [5.74, 6) is 2.99. The van der Waals surface area contributed by atoms with E-state index in [0.29, 0.717) is 10.9 Å². The molecule has 0 aromatic heterocycles. The molecule has 2 unspecified atom stereocenters. The summed E-state index contributed by atoms with van der Waals surface area (Å²) in [6, 6.07) is 9.39. The number of unbranched alkanes of at least 4 members (excludes halogenated alkanes) is 9. The van der Waals surface area contributed by atoms with E-state index in [0.717, 1.165) is 5.25 Å². The average Bonchev–Trinajstić information content (AvgIpc) is 3.06. The van der Waals surface area contributed by atoms with Crippen molar-refractivity contribution < 1.29 is 0 Å². The van der Waals surface area contributed by atoms with Crippen LogP contribution in [0.15, 0.2) is 24.3 Å². The third kappa shape index (κ3) is 7.21. The molecule has 0 nitrogen and oxygen atoms in total. The molecule has 1 fully saturated rings. The second-order valence-corrected chi connectivity index (χ2v) is 10.1. The molecule has 0 amide bonds. The highest BCUT2D eigenvalue weighted by Gasteiger charge is 2.36. The first kappa shape index (κ1) is 19.9. The lowest BCUT2D eigenvalue weighted by atomic mass is 10.1. The molecule has 0 spiro atoms. The van der Waals surface area contributed by atoms with Crippen LogP contribution >= 0.6 is 0 Å².